The van der Waals surface area contributed by atoms with Crippen LogP contribution in [-0.4, -0.2) is 57.3 Å². The van der Waals surface area contributed by atoms with Crippen molar-refractivity contribution in [3.63, 3.8) is 0 Å². The maximum atomic E-state index is 11.8. The minimum Gasteiger partial charge on any atom is -0.379 e. The summed E-state index contributed by atoms with van der Waals surface area (Å²) < 4.78 is 29.0. The number of nitrogens with zero attached hydrogens (tertiary/aromatic N) is 2. The molecule has 0 saturated carbocycles. The van der Waals surface area contributed by atoms with Gasteiger partial charge in [0, 0.05) is 32.0 Å². The predicted octanol–water partition coefficient (Wildman–Crippen LogP) is 2.85. The third-order valence-electron chi connectivity index (χ3n) is 4.62. The average Bonchev–Trinajstić information content (AvgIpc) is 3.08. The first-order chi connectivity index (χ1) is 13.3. The lowest BCUT2D eigenvalue weighted by Gasteiger charge is -2.35. The Morgan fingerprint density at radius 1 is 1.32 bits per heavy atom. The Kier molecular flexibility index (Phi) is 6.33. The molecule has 1 atom stereocenters. The van der Waals surface area contributed by atoms with Gasteiger partial charge in [0.2, 0.25) is 0 Å². The summed E-state index contributed by atoms with van der Waals surface area (Å²) in [6.07, 6.45) is 1.05. The fourth-order valence-electron chi connectivity index (χ4n) is 3.22. The van der Waals surface area contributed by atoms with E-state index in [1.807, 2.05) is 25.1 Å². The minimum atomic E-state index is -3.51. The van der Waals surface area contributed by atoms with Gasteiger partial charge in [-0.25, -0.2) is 8.42 Å². The van der Waals surface area contributed by atoms with Gasteiger partial charge < -0.3 is 10.1 Å². The largest absolute Gasteiger partial charge is 0.379 e. The van der Waals surface area contributed by atoms with E-state index in [9.17, 15) is 18.5 Å². The first kappa shape index (κ1) is 20.7. The van der Waals surface area contributed by atoms with E-state index in [1.165, 1.54) is 0 Å². The molecule has 1 fully saturated rings. The normalized spacial score (nSPS) is 16.6. The number of benzene rings is 1. The number of aryl methyl sites for hydroxylation is 1. The van der Waals surface area contributed by atoms with Crippen molar-refractivity contribution in [1.82, 2.24) is 4.90 Å². The molecule has 1 saturated heterocycles. The highest BCUT2D eigenvalue weighted by atomic mass is 32.2. The van der Waals surface area contributed by atoms with Crippen molar-refractivity contribution in [2.45, 2.75) is 17.2 Å². The Morgan fingerprint density at radius 2 is 2.04 bits per heavy atom. The summed E-state index contributed by atoms with van der Waals surface area (Å²) >= 11 is 0.898. The van der Waals surface area contributed by atoms with Gasteiger partial charge in [-0.15, -0.1) is 0 Å². The second-order valence-corrected chi connectivity index (χ2v) is 10.1. The van der Waals surface area contributed by atoms with Crippen LogP contribution in [0.15, 0.2) is 34.5 Å². The fraction of sp³-hybridized carbons (Fsp3) is 0.444. The lowest BCUT2D eigenvalue weighted by molar-refractivity contribution is -0.383. The molecule has 0 spiro atoms. The number of nitrogens with one attached hydrogen (secondary N) is 1. The molecule has 0 radical (unpaired) electrons. The lowest BCUT2D eigenvalue weighted by Crippen LogP contribution is -2.41. The van der Waals surface area contributed by atoms with Crippen LogP contribution in [0.1, 0.15) is 17.2 Å². The molecule has 1 N–H and O–H groups in total. The fourth-order valence-corrected chi connectivity index (χ4v) is 5.16. The molecule has 10 heteroatoms. The van der Waals surface area contributed by atoms with Gasteiger partial charge in [0.1, 0.15) is 4.21 Å². The van der Waals surface area contributed by atoms with Crippen LogP contribution in [0.2, 0.25) is 0 Å². The zero-order valence-electron chi connectivity index (χ0n) is 15.8. The summed E-state index contributed by atoms with van der Waals surface area (Å²) in [6.45, 7) is 5.26. The summed E-state index contributed by atoms with van der Waals surface area (Å²) in [7, 11) is -3.51. The maximum absolute atomic E-state index is 11.8. The molecule has 1 unspecified atom stereocenters. The Bertz CT molecular complexity index is 952. The summed E-state index contributed by atoms with van der Waals surface area (Å²) in [6, 6.07) is 9.28. The number of thiophene rings is 1. The quantitative estimate of drug-likeness (QED) is 0.537. The van der Waals surface area contributed by atoms with Crippen LogP contribution in [0, 0.1) is 17.0 Å². The average molecular weight is 426 g/mol. The van der Waals surface area contributed by atoms with Crippen molar-refractivity contribution in [1.29, 1.82) is 0 Å². The molecule has 0 aliphatic carbocycles. The standard InChI is InChI=1S/C18H23N3O5S2/c1-13-4-3-5-14(10-13)16(20-6-8-26-9-7-20)12-19-18-15(21(22)23)11-17(27-18)28(2,24)25/h3-5,10-11,16,19H,6-9,12H2,1-2H3. The summed E-state index contributed by atoms with van der Waals surface area (Å²) in [5.74, 6) is 0. The number of anilines is 1. The van der Waals surface area contributed by atoms with Gasteiger partial charge >= 0.3 is 5.69 Å². The number of ether oxygens (including phenoxy) is 1. The van der Waals surface area contributed by atoms with Crippen LogP contribution in [-0.2, 0) is 14.6 Å². The van der Waals surface area contributed by atoms with Gasteiger partial charge in [-0.05, 0) is 12.5 Å². The molecule has 2 heterocycles. The van der Waals surface area contributed by atoms with Crippen LogP contribution in [0.25, 0.3) is 0 Å². The van der Waals surface area contributed by atoms with E-state index in [4.69, 9.17) is 4.74 Å². The molecule has 1 aliphatic heterocycles. The van der Waals surface area contributed by atoms with Gasteiger partial charge in [-0.3, -0.25) is 15.0 Å². The summed E-state index contributed by atoms with van der Waals surface area (Å²) in [5.41, 5.74) is 2.03. The van der Waals surface area contributed by atoms with E-state index in [2.05, 4.69) is 16.3 Å². The van der Waals surface area contributed by atoms with Crippen molar-refractivity contribution >= 4 is 31.9 Å². The van der Waals surface area contributed by atoms with Gasteiger partial charge in [-0.2, -0.15) is 0 Å². The van der Waals surface area contributed by atoms with E-state index in [-0.39, 0.29) is 20.9 Å². The van der Waals surface area contributed by atoms with Gasteiger partial charge in [0.25, 0.3) is 0 Å². The van der Waals surface area contributed by atoms with E-state index in [1.54, 1.807) is 0 Å². The Hall–Kier alpha value is -2.01. The molecular weight excluding hydrogens is 402 g/mol. The van der Waals surface area contributed by atoms with Crippen molar-refractivity contribution in [2.75, 3.05) is 44.4 Å². The molecule has 3 rings (SSSR count). The highest BCUT2D eigenvalue weighted by Gasteiger charge is 2.27. The molecule has 152 valence electrons. The number of nitro groups is 1. The van der Waals surface area contributed by atoms with Crippen LogP contribution in [0.3, 0.4) is 0 Å². The van der Waals surface area contributed by atoms with Crippen LogP contribution in [0.5, 0.6) is 0 Å². The zero-order chi connectivity index (χ0) is 20.3. The Balaban J connectivity index is 1.87. The second kappa shape index (κ2) is 8.56. The van der Waals surface area contributed by atoms with Crippen LogP contribution >= 0.6 is 11.3 Å². The number of sulfone groups is 1. The Labute approximate surface area is 168 Å². The number of morpholine rings is 1. The van der Waals surface area contributed by atoms with Crippen LogP contribution < -0.4 is 5.32 Å². The zero-order valence-corrected chi connectivity index (χ0v) is 17.4. The van der Waals surface area contributed by atoms with Crippen molar-refractivity contribution in [3.05, 3.63) is 51.6 Å². The molecule has 0 amide bonds. The maximum Gasteiger partial charge on any atom is 0.304 e. The van der Waals surface area contributed by atoms with Gasteiger partial charge in [0.15, 0.2) is 14.8 Å². The Morgan fingerprint density at radius 3 is 2.64 bits per heavy atom. The monoisotopic (exact) mass is 425 g/mol. The van der Waals surface area contributed by atoms with E-state index in [0.717, 1.165) is 47.9 Å². The van der Waals surface area contributed by atoms with Crippen molar-refractivity contribution in [2.24, 2.45) is 0 Å². The van der Waals surface area contributed by atoms with Crippen molar-refractivity contribution < 1.29 is 18.1 Å². The molecule has 1 aromatic carbocycles. The first-order valence-corrected chi connectivity index (χ1v) is 11.6. The molecule has 8 nitrogen and oxygen atoms in total. The molecule has 0 bridgehead atoms. The predicted molar refractivity (Wildman–Crippen MR) is 109 cm³/mol. The third-order valence-corrected chi connectivity index (χ3v) is 7.50. The number of rotatable bonds is 7. The minimum absolute atomic E-state index is 0.00723. The van der Waals surface area contributed by atoms with Gasteiger partial charge in [0.05, 0.1) is 24.2 Å². The summed E-state index contributed by atoms with van der Waals surface area (Å²) in [4.78, 5) is 13.1. The van der Waals surface area contributed by atoms with Gasteiger partial charge in [-0.1, -0.05) is 41.2 Å². The van der Waals surface area contributed by atoms with Crippen molar-refractivity contribution in [3.8, 4) is 0 Å². The van der Waals surface area contributed by atoms with E-state index >= 15 is 0 Å². The van der Waals surface area contributed by atoms with Crippen LogP contribution in [0.4, 0.5) is 10.7 Å². The summed E-state index contributed by atoms with van der Waals surface area (Å²) in [5, 5.41) is 14.8. The first-order valence-electron chi connectivity index (χ1n) is 8.86. The second-order valence-electron chi connectivity index (χ2n) is 6.77. The molecule has 1 aliphatic rings. The molecule has 2 aromatic rings. The number of hydrogen-bond acceptors (Lipinski definition) is 8. The molecule has 1 aromatic heterocycles. The smallest absolute Gasteiger partial charge is 0.304 e. The topological polar surface area (TPSA) is 102 Å². The van der Waals surface area contributed by atoms with E-state index in [0.29, 0.717) is 19.8 Å². The highest BCUT2D eigenvalue weighted by molar-refractivity contribution is 7.92. The molecular formula is C18H23N3O5S2. The number of hydrogen-bond donors (Lipinski definition) is 1. The molecule has 28 heavy (non-hydrogen) atoms. The van der Waals surface area contributed by atoms with E-state index < -0.39 is 14.8 Å². The highest BCUT2D eigenvalue weighted by Crippen LogP contribution is 2.37. The lowest BCUT2D eigenvalue weighted by atomic mass is 10.0. The third kappa shape index (κ3) is 4.88. The SMILES string of the molecule is Cc1cccc(C(CNc2sc(S(C)(=O)=O)cc2[N+](=O)[O-])N2CCOCC2)c1.